The van der Waals surface area contributed by atoms with Crippen LogP contribution < -0.4 is 4.74 Å². The highest BCUT2D eigenvalue weighted by atomic mass is 19.1. The molecule has 40 heavy (non-hydrogen) atoms. The Morgan fingerprint density at radius 1 is 1.02 bits per heavy atom. The highest BCUT2D eigenvalue weighted by Gasteiger charge is 2.18. The van der Waals surface area contributed by atoms with Gasteiger partial charge in [-0.2, -0.15) is 0 Å². The molecule has 1 aromatic heterocycles. The number of nitrogens with one attached hydrogen (secondary N) is 1. The summed E-state index contributed by atoms with van der Waals surface area (Å²) >= 11 is 0. The monoisotopic (exact) mass is 541 g/mol. The number of carbonyl (C=O) groups is 2. The van der Waals surface area contributed by atoms with Crippen LogP contribution in [0, 0.1) is 5.82 Å². The number of halogens is 1. The fraction of sp³-hybridized carbons (Fsp3) is 0.303. The van der Waals surface area contributed by atoms with Gasteiger partial charge in [0.1, 0.15) is 29.8 Å². The average Bonchev–Trinajstić information content (AvgIpc) is 3.40. The lowest BCUT2D eigenvalue weighted by molar-refractivity contribution is -0.129. The maximum absolute atomic E-state index is 12.7. The molecule has 0 saturated heterocycles. The van der Waals surface area contributed by atoms with Gasteiger partial charge in [0.25, 0.3) is 0 Å². The summed E-state index contributed by atoms with van der Waals surface area (Å²) in [4.78, 5) is 32.3. The summed E-state index contributed by atoms with van der Waals surface area (Å²) in [5.74, 6) is 2.04. The maximum Gasteiger partial charge on any atom is 0.219 e. The molecule has 1 N–H and O–H groups in total. The van der Waals surface area contributed by atoms with Crippen molar-refractivity contribution in [2.75, 3.05) is 13.2 Å². The molecule has 1 amide bonds. The van der Waals surface area contributed by atoms with Crippen LogP contribution >= 0.6 is 0 Å². The van der Waals surface area contributed by atoms with Gasteiger partial charge in [-0.3, -0.25) is 9.59 Å². The Bertz CT molecular complexity index is 1400. The van der Waals surface area contributed by atoms with Gasteiger partial charge in [0.05, 0.1) is 6.54 Å². The van der Waals surface area contributed by atoms with E-state index < -0.39 is 0 Å². The minimum atomic E-state index is -0.231. The van der Waals surface area contributed by atoms with Gasteiger partial charge in [-0.1, -0.05) is 56.3 Å². The van der Waals surface area contributed by atoms with E-state index in [1.165, 1.54) is 12.1 Å². The highest BCUT2D eigenvalue weighted by Crippen LogP contribution is 2.30. The predicted molar refractivity (Wildman–Crippen MR) is 155 cm³/mol. The Morgan fingerprint density at radius 3 is 2.38 bits per heavy atom. The lowest BCUT2D eigenvalue weighted by atomic mass is 9.94. The first-order valence-electron chi connectivity index (χ1n) is 13.7. The molecule has 0 spiro atoms. The second kappa shape index (κ2) is 13.7. The largest absolute Gasteiger partial charge is 0.491 e. The van der Waals surface area contributed by atoms with Crippen molar-refractivity contribution in [2.45, 2.75) is 52.5 Å². The number of rotatable bonds is 7. The number of aromatic nitrogens is 2. The van der Waals surface area contributed by atoms with E-state index in [9.17, 15) is 14.0 Å². The summed E-state index contributed by atoms with van der Waals surface area (Å²) in [5, 5.41) is 0. The van der Waals surface area contributed by atoms with Crippen LogP contribution in [0.2, 0.25) is 0 Å². The second-order valence-corrected chi connectivity index (χ2v) is 10.1. The van der Waals surface area contributed by atoms with Crippen LogP contribution in [0.25, 0.3) is 22.5 Å². The number of nitrogens with zero attached hydrogens (tertiary/aromatic N) is 2. The Hall–Kier alpha value is -4.26. The molecular formula is C33H36FN3O3. The number of aromatic amines is 1. The molecule has 1 aliphatic rings. The Balaban J connectivity index is 0.000000212. The fourth-order valence-corrected chi connectivity index (χ4v) is 4.72. The van der Waals surface area contributed by atoms with E-state index in [2.05, 4.69) is 46.4 Å². The molecular weight excluding hydrogens is 505 g/mol. The van der Waals surface area contributed by atoms with Crippen molar-refractivity contribution in [1.29, 1.82) is 0 Å². The zero-order valence-electron chi connectivity index (χ0n) is 23.3. The van der Waals surface area contributed by atoms with Crippen molar-refractivity contribution in [3.8, 4) is 28.3 Å². The molecule has 0 bridgehead atoms. The van der Waals surface area contributed by atoms with E-state index in [0.29, 0.717) is 32.5 Å². The van der Waals surface area contributed by atoms with E-state index in [4.69, 9.17) is 4.74 Å². The number of hydrogen-bond acceptors (Lipinski definition) is 4. The number of imidazole rings is 1. The molecule has 5 rings (SSSR count). The van der Waals surface area contributed by atoms with Crippen LogP contribution in [0.5, 0.6) is 5.75 Å². The summed E-state index contributed by atoms with van der Waals surface area (Å²) in [5.41, 5.74) is 5.35. The van der Waals surface area contributed by atoms with Crippen LogP contribution in [-0.2, 0) is 16.1 Å². The molecule has 1 aliphatic heterocycles. The van der Waals surface area contributed by atoms with Crippen molar-refractivity contribution in [1.82, 2.24) is 14.9 Å². The number of carbonyl (C=O) groups excluding carboxylic acids is 2. The normalized spacial score (nSPS) is 13.2. The van der Waals surface area contributed by atoms with Crippen LogP contribution in [0.1, 0.15) is 57.1 Å². The molecule has 7 heteroatoms. The van der Waals surface area contributed by atoms with Crippen molar-refractivity contribution in [3.63, 3.8) is 0 Å². The molecule has 1 unspecified atom stereocenters. The molecule has 6 nitrogen and oxygen atoms in total. The Morgan fingerprint density at radius 2 is 1.73 bits per heavy atom. The van der Waals surface area contributed by atoms with E-state index >= 15 is 0 Å². The van der Waals surface area contributed by atoms with Gasteiger partial charge in [-0.25, -0.2) is 9.37 Å². The zero-order chi connectivity index (χ0) is 28.5. The van der Waals surface area contributed by atoms with Gasteiger partial charge in [0.2, 0.25) is 5.91 Å². The number of hydrogen-bond donors (Lipinski definition) is 1. The molecule has 0 aliphatic carbocycles. The average molecular weight is 542 g/mol. The SMILES string of the molecule is CC(=O)N1CCOc2ccc(-c3ccc(-c4ncc[nH]4)cc3)cc2C1.CCCC(=O)CC(C)c1ccc(F)cc1. The number of ketones is 1. The minimum absolute atomic E-state index is 0.0738. The van der Waals surface area contributed by atoms with E-state index in [1.807, 2.05) is 31.0 Å². The van der Waals surface area contributed by atoms with Crippen molar-refractivity contribution in [2.24, 2.45) is 0 Å². The van der Waals surface area contributed by atoms with Gasteiger partial charge in [0.15, 0.2) is 0 Å². The predicted octanol–water partition coefficient (Wildman–Crippen LogP) is 7.17. The van der Waals surface area contributed by atoms with Crippen molar-refractivity contribution in [3.05, 3.63) is 96.1 Å². The topological polar surface area (TPSA) is 75.3 Å². The molecule has 0 saturated carbocycles. The number of fused-ring (bicyclic) bond motifs is 1. The Labute approximate surface area is 235 Å². The Kier molecular flexibility index (Phi) is 9.84. The molecule has 1 atom stereocenters. The van der Waals surface area contributed by atoms with E-state index in [-0.39, 0.29) is 23.4 Å². The molecule has 2 heterocycles. The van der Waals surface area contributed by atoms with Crippen LogP contribution in [0.15, 0.2) is 79.1 Å². The smallest absolute Gasteiger partial charge is 0.219 e. The third kappa shape index (κ3) is 7.65. The van der Waals surface area contributed by atoms with Gasteiger partial charge >= 0.3 is 0 Å². The van der Waals surface area contributed by atoms with Gasteiger partial charge in [-0.05, 0) is 53.3 Å². The summed E-state index contributed by atoms with van der Waals surface area (Å²) in [7, 11) is 0. The molecule has 4 aromatic rings. The first-order chi connectivity index (χ1) is 19.3. The summed E-state index contributed by atoms with van der Waals surface area (Å²) in [6.07, 6.45) is 5.66. The van der Waals surface area contributed by atoms with Crippen molar-refractivity contribution >= 4 is 11.7 Å². The number of ether oxygens (including phenoxy) is 1. The highest BCUT2D eigenvalue weighted by molar-refractivity contribution is 5.79. The van der Waals surface area contributed by atoms with E-state index in [1.54, 1.807) is 25.3 Å². The molecule has 0 radical (unpaired) electrons. The summed E-state index contributed by atoms with van der Waals surface area (Å²) < 4.78 is 18.4. The quantitative estimate of drug-likeness (QED) is 0.269. The third-order valence-electron chi connectivity index (χ3n) is 6.98. The van der Waals surface area contributed by atoms with Gasteiger partial charge in [0, 0.05) is 49.8 Å². The summed E-state index contributed by atoms with van der Waals surface area (Å²) in [6, 6.07) is 20.8. The van der Waals surface area contributed by atoms with Gasteiger partial charge < -0.3 is 14.6 Å². The first-order valence-corrected chi connectivity index (χ1v) is 13.7. The number of amides is 1. The van der Waals surface area contributed by atoms with Crippen LogP contribution in [0.4, 0.5) is 4.39 Å². The number of H-pyrrole nitrogens is 1. The third-order valence-corrected chi connectivity index (χ3v) is 6.98. The summed E-state index contributed by atoms with van der Waals surface area (Å²) in [6.45, 7) is 7.34. The molecule has 3 aromatic carbocycles. The second-order valence-electron chi connectivity index (χ2n) is 10.1. The number of Topliss-reactive ketones (excluding diaryl/α,β-unsaturated/α-hetero) is 1. The number of benzene rings is 3. The van der Waals surface area contributed by atoms with Gasteiger partial charge in [-0.15, -0.1) is 0 Å². The lowest BCUT2D eigenvalue weighted by Crippen LogP contribution is -2.30. The fourth-order valence-electron chi connectivity index (χ4n) is 4.72. The molecule has 0 fully saturated rings. The lowest BCUT2D eigenvalue weighted by Gasteiger charge is -2.17. The first kappa shape index (κ1) is 28.7. The van der Waals surface area contributed by atoms with Crippen LogP contribution in [0.3, 0.4) is 0 Å². The maximum atomic E-state index is 12.7. The van der Waals surface area contributed by atoms with Crippen LogP contribution in [-0.4, -0.2) is 39.7 Å². The standard InChI is InChI=1S/C20H19N3O2.C13H17FO/c1-14(24)23-10-11-25-19-7-6-17(12-18(19)13-23)15-2-4-16(5-3-15)20-21-8-9-22-20;1-3-4-13(15)9-10(2)11-5-7-12(14)8-6-11/h2-9,12H,10-11,13H2,1H3,(H,21,22);5-8,10H,3-4,9H2,1-2H3. The minimum Gasteiger partial charge on any atom is -0.491 e. The zero-order valence-corrected chi connectivity index (χ0v) is 23.3. The van der Waals surface area contributed by atoms with Crippen molar-refractivity contribution < 1.29 is 18.7 Å². The van der Waals surface area contributed by atoms with E-state index in [0.717, 1.165) is 45.8 Å². The molecule has 208 valence electrons.